The molecule has 18 heavy (non-hydrogen) atoms. The fourth-order valence-electron chi connectivity index (χ4n) is 1.53. The van der Waals surface area contributed by atoms with Gasteiger partial charge in [0.15, 0.2) is 0 Å². The van der Waals surface area contributed by atoms with Crippen molar-refractivity contribution in [3.63, 3.8) is 0 Å². The van der Waals surface area contributed by atoms with Gasteiger partial charge in [-0.25, -0.2) is 0 Å². The zero-order valence-corrected chi connectivity index (χ0v) is 12.5. The van der Waals surface area contributed by atoms with E-state index in [2.05, 4.69) is 27.9 Å². The van der Waals surface area contributed by atoms with Crippen LogP contribution in [0.1, 0.15) is 19.3 Å². The number of ether oxygens (including phenoxy) is 1. The molecule has 100 valence electrons. The van der Waals surface area contributed by atoms with Gasteiger partial charge < -0.3 is 10.1 Å². The maximum atomic E-state index is 10.6. The summed E-state index contributed by atoms with van der Waals surface area (Å²) >= 11 is 2.11. The first-order valence-corrected chi connectivity index (χ1v) is 6.89. The Labute approximate surface area is 120 Å². The van der Waals surface area contributed by atoms with Crippen molar-refractivity contribution in [1.82, 2.24) is 0 Å². The third-order valence-electron chi connectivity index (χ3n) is 2.50. The van der Waals surface area contributed by atoms with Gasteiger partial charge in [0.2, 0.25) is 0 Å². The summed E-state index contributed by atoms with van der Waals surface area (Å²) in [7, 11) is 1.71. The number of nitro benzene ring substituents is 1. The molecule has 1 aromatic carbocycles. The van der Waals surface area contributed by atoms with Gasteiger partial charge >= 0.3 is 0 Å². The van der Waals surface area contributed by atoms with Crippen LogP contribution in [0, 0.1) is 13.7 Å². The number of unbranched alkanes of at least 4 members (excludes halogenated alkanes) is 2. The molecule has 0 amide bonds. The second kappa shape index (κ2) is 8.25. The van der Waals surface area contributed by atoms with Crippen molar-refractivity contribution in [2.45, 2.75) is 19.3 Å². The fraction of sp³-hybridized carbons (Fsp3) is 0.500. The zero-order chi connectivity index (χ0) is 13.4. The minimum absolute atomic E-state index is 0.130. The molecule has 1 N–H and O–H groups in total. The Kier molecular flexibility index (Phi) is 6.96. The van der Waals surface area contributed by atoms with Crippen molar-refractivity contribution in [2.75, 3.05) is 25.6 Å². The van der Waals surface area contributed by atoms with E-state index >= 15 is 0 Å². The van der Waals surface area contributed by atoms with Gasteiger partial charge in [-0.2, -0.15) is 0 Å². The molecule has 0 spiro atoms. The lowest BCUT2D eigenvalue weighted by Crippen LogP contribution is -2.04. The molecule has 0 saturated heterocycles. The first-order valence-electron chi connectivity index (χ1n) is 5.82. The lowest BCUT2D eigenvalue weighted by molar-refractivity contribution is -0.384. The number of non-ortho nitro benzene ring substituents is 1. The number of methoxy groups -OCH3 is 1. The molecule has 6 heteroatoms. The predicted octanol–water partition coefficient (Wildman–Crippen LogP) is 3.43. The number of benzene rings is 1. The second-order valence-corrected chi connectivity index (χ2v) is 5.06. The van der Waals surface area contributed by atoms with Crippen LogP contribution in [0.25, 0.3) is 0 Å². The average Bonchev–Trinajstić information content (AvgIpc) is 2.35. The topological polar surface area (TPSA) is 64.4 Å². The number of anilines is 1. The van der Waals surface area contributed by atoms with Crippen LogP contribution in [-0.4, -0.2) is 25.2 Å². The molecule has 0 aliphatic rings. The fourth-order valence-corrected chi connectivity index (χ4v) is 2.22. The molecule has 0 aliphatic heterocycles. The Hall–Kier alpha value is -0.890. The van der Waals surface area contributed by atoms with Crippen molar-refractivity contribution in [1.29, 1.82) is 0 Å². The van der Waals surface area contributed by atoms with Crippen LogP contribution in [-0.2, 0) is 4.74 Å². The van der Waals surface area contributed by atoms with E-state index in [9.17, 15) is 10.1 Å². The lowest BCUT2D eigenvalue weighted by atomic mass is 10.2. The molecule has 0 fully saturated rings. The number of hydrogen-bond donors (Lipinski definition) is 1. The van der Waals surface area contributed by atoms with Gasteiger partial charge in [0, 0.05) is 41.7 Å². The normalized spacial score (nSPS) is 10.3. The largest absolute Gasteiger partial charge is 0.385 e. The van der Waals surface area contributed by atoms with Gasteiger partial charge in [-0.1, -0.05) is 0 Å². The SMILES string of the molecule is COCCCCCNc1ccc([N+](=O)[O-])cc1I. The summed E-state index contributed by atoms with van der Waals surface area (Å²) in [5, 5.41) is 13.9. The van der Waals surface area contributed by atoms with Crippen LogP contribution in [0.15, 0.2) is 18.2 Å². The second-order valence-electron chi connectivity index (χ2n) is 3.90. The summed E-state index contributed by atoms with van der Waals surface area (Å²) in [5.74, 6) is 0. The minimum Gasteiger partial charge on any atom is -0.385 e. The molecule has 0 unspecified atom stereocenters. The summed E-state index contributed by atoms with van der Waals surface area (Å²) in [4.78, 5) is 10.2. The van der Waals surface area contributed by atoms with E-state index in [1.54, 1.807) is 19.2 Å². The molecule has 0 saturated carbocycles. The summed E-state index contributed by atoms with van der Waals surface area (Å²) in [6, 6.07) is 4.86. The van der Waals surface area contributed by atoms with E-state index in [1.807, 2.05) is 0 Å². The number of halogens is 1. The highest BCUT2D eigenvalue weighted by Gasteiger charge is 2.08. The van der Waals surface area contributed by atoms with E-state index in [0.29, 0.717) is 0 Å². The molecule has 0 radical (unpaired) electrons. The Morgan fingerprint density at radius 3 is 2.78 bits per heavy atom. The van der Waals surface area contributed by atoms with E-state index in [4.69, 9.17) is 4.74 Å². The first-order chi connectivity index (χ1) is 8.65. The molecule has 1 rings (SSSR count). The van der Waals surface area contributed by atoms with Gasteiger partial charge in [-0.05, 0) is 47.9 Å². The van der Waals surface area contributed by atoms with Crippen molar-refractivity contribution < 1.29 is 9.66 Å². The van der Waals surface area contributed by atoms with Crippen molar-refractivity contribution in [2.24, 2.45) is 0 Å². The van der Waals surface area contributed by atoms with Crippen LogP contribution < -0.4 is 5.32 Å². The summed E-state index contributed by atoms with van der Waals surface area (Å²) in [6.07, 6.45) is 3.25. The van der Waals surface area contributed by atoms with Crippen molar-refractivity contribution >= 4 is 34.0 Å². The van der Waals surface area contributed by atoms with E-state index in [-0.39, 0.29) is 10.6 Å². The van der Waals surface area contributed by atoms with Gasteiger partial charge in [-0.15, -0.1) is 0 Å². The zero-order valence-electron chi connectivity index (χ0n) is 10.3. The molecule has 0 aromatic heterocycles. The molecule has 5 nitrogen and oxygen atoms in total. The number of nitrogens with one attached hydrogen (secondary N) is 1. The van der Waals surface area contributed by atoms with Crippen LogP contribution in [0.3, 0.4) is 0 Å². The van der Waals surface area contributed by atoms with Crippen molar-refractivity contribution in [3.05, 3.63) is 31.9 Å². The van der Waals surface area contributed by atoms with Crippen LogP contribution in [0.2, 0.25) is 0 Å². The number of nitrogens with zero attached hydrogens (tertiary/aromatic N) is 1. The third kappa shape index (κ3) is 5.18. The number of nitro groups is 1. The maximum absolute atomic E-state index is 10.6. The summed E-state index contributed by atoms with van der Waals surface area (Å²) in [6.45, 7) is 1.67. The molecule has 0 bridgehead atoms. The highest BCUT2D eigenvalue weighted by molar-refractivity contribution is 14.1. The monoisotopic (exact) mass is 364 g/mol. The Morgan fingerprint density at radius 2 is 2.17 bits per heavy atom. The summed E-state index contributed by atoms with van der Waals surface area (Å²) in [5.41, 5.74) is 1.08. The Morgan fingerprint density at radius 1 is 1.39 bits per heavy atom. The predicted molar refractivity (Wildman–Crippen MR) is 80.0 cm³/mol. The van der Waals surface area contributed by atoms with Crippen LogP contribution in [0.4, 0.5) is 11.4 Å². The summed E-state index contributed by atoms with van der Waals surface area (Å²) < 4.78 is 5.85. The molecule has 0 aliphatic carbocycles. The highest BCUT2D eigenvalue weighted by atomic mass is 127. The highest BCUT2D eigenvalue weighted by Crippen LogP contribution is 2.23. The standard InChI is InChI=1S/C12H17IN2O3/c1-18-8-4-2-3-7-14-12-6-5-10(15(16)17)9-11(12)13/h5-6,9,14H,2-4,7-8H2,1H3. The third-order valence-corrected chi connectivity index (χ3v) is 3.40. The molecular weight excluding hydrogens is 347 g/mol. The van der Waals surface area contributed by atoms with Crippen molar-refractivity contribution in [3.8, 4) is 0 Å². The van der Waals surface area contributed by atoms with E-state index in [1.165, 1.54) is 6.07 Å². The molecule has 0 heterocycles. The average molecular weight is 364 g/mol. The smallest absolute Gasteiger partial charge is 0.270 e. The van der Waals surface area contributed by atoms with E-state index in [0.717, 1.165) is 41.7 Å². The van der Waals surface area contributed by atoms with Gasteiger partial charge in [0.25, 0.3) is 5.69 Å². The van der Waals surface area contributed by atoms with Crippen LogP contribution >= 0.6 is 22.6 Å². The lowest BCUT2D eigenvalue weighted by Gasteiger charge is -2.08. The van der Waals surface area contributed by atoms with Gasteiger partial charge in [0.1, 0.15) is 0 Å². The Balaban J connectivity index is 2.36. The number of hydrogen-bond acceptors (Lipinski definition) is 4. The van der Waals surface area contributed by atoms with Gasteiger partial charge in [0.05, 0.1) is 4.92 Å². The Bertz CT molecular complexity index is 399. The van der Waals surface area contributed by atoms with Gasteiger partial charge in [-0.3, -0.25) is 10.1 Å². The molecular formula is C12H17IN2O3. The van der Waals surface area contributed by atoms with E-state index < -0.39 is 0 Å². The maximum Gasteiger partial charge on any atom is 0.270 e. The van der Waals surface area contributed by atoms with Crippen LogP contribution in [0.5, 0.6) is 0 Å². The molecule has 1 aromatic rings. The number of rotatable bonds is 8. The first kappa shape index (κ1) is 15.2. The minimum atomic E-state index is -0.378. The molecule has 0 atom stereocenters. The quantitative estimate of drug-likeness (QED) is 0.332.